The first-order chi connectivity index (χ1) is 17.0. The molecule has 1 spiro atoms. The second-order valence-corrected chi connectivity index (χ2v) is 9.65. The van der Waals surface area contributed by atoms with Crippen molar-refractivity contribution in [2.75, 3.05) is 13.7 Å². The highest BCUT2D eigenvalue weighted by Crippen LogP contribution is 2.43. The van der Waals surface area contributed by atoms with E-state index in [4.69, 9.17) is 13.9 Å². The van der Waals surface area contributed by atoms with E-state index in [1.807, 2.05) is 43.3 Å². The highest BCUT2D eigenvalue weighted by molar-refractivity contribution is 5.82. The lowest BCUT2D eigenvalue weighted by Gasteiger charge is -2.41. The van der Waals surface area contributed by atoms with E-state index < -0.39 is 0 Å². The van der Waals surface area contributed by atoms with E-state index in [-0.39, 0.29) is 11.6 Å². The van der Waals surface area contributed by atoms with Gasteiger partial charge in [0.05, 0.1) is 7.11 Å². The van der Waals surface area contributed by atoms with Gasteiger partial charge in [0.2, 0.25) is 5.55 Å². The van der Waals surface area contributed by atoms with Gasteiger partial charge in [0.15, 0.2) is 0 Å². The summed E-state index contributed by atoms with van der Waals surface area (Å²) in [6.07, 6.45) is 8.88. The molecule has 2 heterocycles. The standard InChI is InChI=1S/C28H33N3O4/c1-19-16-26(30-31-27(32)29-15-11-20-6-8-22(33-2)9-7-20)34-25-18-24-21(17-23(19)25)10-14-28(35-24)12-4-3-5-13-28/h6-9,16-18H,3-5,10-15H2,1-2H3,(H2,29,31,32). The Bertz CT molecular complexity index is 1270. The van der Waals surface area contributed by atoms with Gasteiger partial charge in [0.25, 0.3) is 0 Å². The van der Waals surface area contributed by atoms with Crippen LogP contribution in [0.3, 0.4) is 0 Å². The molecule has 0 radical (unpaired) electrons. The fraction of sp³-hybridized carbons (Fsp3) is 0.429. The van der Waals surface area contributed by atoms with Gasteiger partial charge in [-0.3, -0.25) is 0 Å². The molecule has 184 valence electrons. The van der Waals surface area contributed by atoms with Gasteiger partial charge in [0.1, 0.15) is 22.7 Å². The summed E-state index contributed by atoms with van der Waals surface area (Å²) in [7, 11) is 1.64. The van der Waals surface area contributed by atoms with Crippen LogP contribution in [0, 0.1) is 6.92 Å². The largest absolute Gasteiger partial charge is 0.497 e. The van der Waals surface area contributed by atoms with Crippen LogP contribution in [0.2, 0.25) is 0 Å². The first kappa shape index (κ1) is 23.3. The average Bonchev–Trinajstić information content (AvgIpc) is 2.87. The van der Waals surface area contributed by atoms with E-state index in [1.54, 1.807) is 7.11 Å². The van der Waals surface area contributed by atoms with Crippen LogP contribution in [0.15, 0.2) is 52.0 Å². The third kappa shape index (κ3) is 5.29. The molecule has 7 heteroatoms. The topological polar surface area (TPSA) is 85.1 Å². The number of ether oxygens (including phenoxy) is 2. The smallest absolute Gasteiger partial charge is 0.335 e. The zero-order valence-corrected chi connectivity index (χ0v) is 20.5. The molecule has 0 bridgehead atoms. The third-order valence-electron chi connectivity index (χ3n) is 7.21. The SMILES string of the molecule is COc1ccc(CCNC(=O)NN=c2cc(C)c3cc4c(cc3o2)OC2(CCCCC2)CC4)cc1. The molecule has 5 rings (SSSR count). The fourth-order valence-electron chi connectivity index (χ4n) is 5.20. The summed E-state index contributed by atoms with van der Waals surface area (Å²) in [6, 6.07) is 13.4. The molecular formula is C28H33N3O4. The molecular weight excluding hydrogens is 442 g/mol. The van der Waals surface area contributed by atoms with E-state index in [1.165, 1.54) is 24.8 Å². The molecule has 2 N–H and O–H groups in total. The van der Waals surface area contributed by atoms with E-state index in [2.05, 4.69) is 21.9 Å². The van der Waals surface area contributed by atoms with Crippen molar-refractivity contribution in [1.29, 1.82) is 0 Å². The highest BCUT2D eigenvalue weighted by Gasteiger charge is 2.37. The summed E-state index contributed by atoms with van der Waals surface area (Å²) in [6.45, 7) is 2.53. The van der Waals surface area contributed by atoms with Crippen molar-refractivity contribution in [2.45, 2.75) is 63.9 Å². The number of nitrogens with zero attached hydrogens (tertiary/aromatic N) is 1. The Kier molecular flexibility index (Phi) is 6.66. The zero-order chi connectivity index (χ0) is 24.3. The Morgan fingerprint density at radius 3 is 2.66 bits per heavy atom. The van der Waals surface area contributed by atoms with Crippen molar-refractivity contribution in [2.24, 2.45) is 5.10 Å². The molecule has 0 saturated heterocycles. The highest BCUT2D eigenvalue weighted by atomic mass is 16.5. The minimum absolute atomic E-state index is 0.0125. The van der Waals surface area contributed by atoms with E-state index in [0.717, 1.165) is 59.3 Å². The molecule has 3 aromatic rings. The van der Waals surface area contributed by atoms with Crippen LogP contribution in [0.25, 0.3) is 11.0 Å². The number of aryl methyl sites for hydroxylation is 2. The summed E-state index contributed by atoms with van der Waals surface area (Å²) in [5.41, 5.74) is 7.00. The number of benzene rings is 2. The van der Waals surface area contributed by atoms with Crippen molar-refractivity contribution >= 4 is 17.0 Å². The van der Waals surface area contributed by atoms with Gasteiger partial charge in [-0.15, -0.1) is 5.10 Å². The van der Waals surface area contributed by atoms with Crippen molar-refractivity contribution in [3.05, 3.63) is 64.7 Å². The van der Waals surface area contributed by atoms with E-state index in [9.17, 15) is 4.79 Å². The van der Waals surface area contributed by atoms with Crippen LogP contribution in [-0.4, -0.2) is 25.3 Å². The van der Waals surface area contributed by atoms with Gasteiger partial charge >= 0.3 is 6.03 Å². The molecule has 2 amide bonds. The van der Waals surface area contributed by atoms with Gasteiger partial charge in [-0.05, 0) is 86.8 Å². The summed E-state index contributed by atoms with van der Waals surface area (Å²) in [5.74, 6) is 1.74. The minimum Gasteiger partial charge on any atom is -0.497 e. The number of methoxy groups -OCH3 is 1. The number of hydrogen-bond acceptors (Lipinski definition) is 5. The number of fused-ring (bicyclic) bond motifs is 2. The fourth-order valence-corrected chi connectivity index (χ4v) is 5.20. The van der Waals surface area contributed by atoms with Gasteiger partial charge in [-0.2, -0.15) is 0 Å². The number of urea groups is 1. The van der Waals surface area contributed by atoms with Crippen LogP contribution in [0.1, 0.15) is 55.2 Å². The Hall–Kier alpha value is -3.48. The molecule has 0 unspecified atom stereocenters. The first-order valence-electron chi connectivity index (χ1n) is 12.5. The molecule has 35 heavy (non-hydrogen) atoms. The summed E-state index contributed by atoms with van der Waals surface area (Å²) >= 11 is 0. The number of rotatable bonds is 5. The van der Waals surface area contributed by atoms with Crippen molar-refractivity contribution < 1.29 is 18.7 Å². The second-order valence-electron chi connectivity index (χ2n) is 9.65. The number of hydrogen-bond donors (Lipinski definition) is 2. The Balaban J connectivity index is 1.25. The van der Waals surface area contributed by atoms with Gasteiger partial charge in [0, 0.05) is 24.1 Å². The second kappa shape index (κ2) is 10.0. The first-order valence-corrected chi connectivity index (χ1v) is 12.5. The molecule has 1 aliphatic heterocycles. The van der Waals surface area contributed by atoms with Crippen LogP contribution < -0.4 is 25.8 Å². The van der Waals surface area contributed by atoms with Gasteiger partial charge in [-0.25, -0.2) is 10.2 Å². The molecule has 1 fully saturated rings. The summed E-state index contributed by atoms with van der Waals surface area (Å²) < 4.78 is 17.8. The van der Waals surface area contributed by atoms with Crippen LogP contribution in [0.5, 0.6) is 11.5 Å². The predicted molar refractivity (Wildman–Crippen MR) is 135 cm³/mol. The summed E-state index contributed by atoms with van der Waals surface area (Å²) in [5, 5.41) is 8.04. The zero-order valence-electron chi connectivity index (χ0n) is 20.5. The van der Waals surface area contributed by atoms with E-state index in [0.29, 0.717) is 18.5 Å². The molecule has 1 aromatic heterocycles. The lowest BCUT2D eigenvalue weighted by atomic mass is 9.79. The maximum absolute atomic E-state index is 12.2. The number of carbonyl (C=O) groups excluding carboxylic acids is 1. The predicted octanol–water partition coefficient (Wildman–Crippen LogP) is 5.14. The molecule has 1 aliphatic carbocycles. The normalized spacial score (nSPS) is 17.0. The lowest BCUT2D eigenvalue weighted by Crippen LogP contribution is -2.41. The van der Waals surface area contributed by atoms with Crippen LogP contribution in [0.4, 0.5) is 4.79 Å². The van der Waals surface area contributed by atoms with Crippen molar-refractivity contribution in [3.63, 3.8) is 0 Å². The quantitative estimate of drug-likeness (QED) is 0.501. The summed E-state index contributed by atoms with van der Waals surface area (Å²) in [4.78, 5) is 12.2. The maximum Gasteiger partial charge on any atom is 0.335 e. The average molecular weight is 476 g/mol. The Morgan fingerprint density at radius 2 is 1.89 bits per heavy atom. The lowest BCUT2D eigenvalue weighted by molar-refractivity contribution is 0.0109. The van der Waals surface area contributed by atoms with Crippen molar-refractivity contribution in [3.8, 4) is 11.5 Å². The number of nitrogens with one attached hydrogen (secondary N) is 2. The third-order valence-corrected chi connectivity index (χ3v) is 7.21. The van der Waals surface area contributed by atoms with Crippen LogP contribution >= 0.6 is 0 Å². The molecule has 1 saturated carbocycles. The maximum atomic E-state index is 12.2. The monoisotopic (exact) mass is 475 g/mol. The minimum atomic E-state index is -0.375. The number of carbonyl (C=O) groups is 1. The van der Waals surface area contributed by atoms with Gasteiger partial charge < -0.3 is 19.2 Å². The molecule has 0 atom stereocenters. The molecule has 7 nitrogen and oxygen atoms in total. The molecule has 2 aliphatic rings. The number of amides is 2. The Labute approximate surface area is 205 Å². The molecule has 2 aromatic carbocycles. The van der Waals surface area contributed by atoms with E-state index >= 15 is 0 Å². The Morgan fingerprint density at radius 1 is 1.09 bits per heavy atom. The van der Waals surface area contributed by atoms with Crippen LogP contribution in [-0.2, 0) is 12.8 Å². The van der Waals surface area contributed by atoms with Crippen molar-refractivity contribution in [1.82, 2.24) is 10.7 Å². The van der Waals surface area contributed by atoms with Gasteiger partial charge in [-0.1, -0.05) is 18.6 Å².